The maximum Gasteiger partial charge on any atom is 0.264 e. The van der Waals surface area contributed by atoms with Crippen LogP contribution in [0, 0.1) is 13.8 Å². The normalized spacial score (nSPS) is 16.0. The second-order valence-electron chi connectivity index (χ2n) is 8.12. The van der Waals surface area contributed by atoms with Gasteiger partial charge in [0.05, 0.1) is 6.20 Å². The van der Waals surface area contributed by atoms with E-state index in [-0.39, 0.29) is 13.3 Å². The fourth-order valence-electron chi connectivity index (χ4n) is 4.50. The Bertz CT molecular complexity index is 1240. The maximum atomic E-state index is 13.7. The van der Waals surface area contributed by atoms with Gasteiger partial charge in [-0.05, 0) is 37.5 Å². The molecule has 31 heavy (non-hydrogen) atoms. The van der Waals surface area contributed by atoms with Crippen molar-refractivity contribution >= 4 is 27.5 Å². The first-order valence-corrected chi connectivity index (χ1v) is 11.1. The van der Waals surface area contributed by atoms with Crippen molar-refractivity contribution in [3.05, 3.63) is 70.5 Å². The summed E-state index contributed by atoms with van der Waals surface area (Å²) < 4.78 is 1.78. The summed E-state index contributed by atoms with van der Waals surface area (Å²) in [5.41, 5.74) is 5.38. The van der Waals surface area contributed by atoms with Crippen molar-refractivity contribution in [1.82, 2.24) is 19.7 Å². The number of hydrogen-bond acceptors (Lipinski definition) is 4. The Hall–Kier alpha value is -2.99. The van der Waals surface area contributed by atoms with Gasteiger partial charge in [-0.3, -0.25) is 9.48 Å². The number of hydrogen-bond donors (Lipinski definition) is 0. The number of pyridine rings is 1. The lowest BCUT2D eigenvalue weighted by atomic mass is 9.99. The Balaban J connectivity index is 0.00000231. The Morgan fingerprint density at radius 1 is 1.19 bits per heavy atom. The minimum Gasteiger partial charge on any atom is -0.337 e. The lowest BCUT2D eigenvalue weighted by Crippen LogP contribution is -2.28. The monoisotopic (exact) mass is 432 g/mol. The summed E-state index contributed by atoms with van der Waals surface area (Å²) in [4.78, 5) is 22.1. The molecule has 1 amide bonds. The summed E-state index contributed by atoms with van der Waals surface area (Å²) >= 11 is 1.51. The molecule has 4 aromatic rings. The van der Waals surface area contributed by atoms with Crippen LogP contribution < -0.4 is 0 Å². The molecule has 0 saturated carbocycles. The number of likely N-dealkylation sites (tertiary alicyclic amines) is 1. The molecule has 3 aromatic heterocycles. The SMILES string of the molecule is C.Cc1cc(C)c2c(-c3cnn(C)c3)c(C(=O)N3CCC(c4ccccc4)C3)sc2n1. The van der Waals surface area contributed by atoms with E-state index in [9.17, 15) is 4.79 Å². The van der Waals surface area contributed by atoms with E-state index >= 15 is 0 Å². The molecule has 1 saturated heterocycles. The van der Waals surface area contributed by atoms with E-state index in [1.165, 1.54) is 16.9 Å². The molecule has 0 spiro atoms. The first kappa shape index (κ1) is 21.2. The van der Waals surface area contributed by atoms with Crippen LogP contribution in [-0.2, 0) is 7.05 Å². The number of rotatable bonds is 3. The maximum absolute atomic E-state index is 13.7. The molecule has 5 nitrogen and oxygen atoms in total. The molecule has 0 N–H and O–H groups in total. The van der Waals surface area contributed by atoms with Gasteiger partial charge in [0.15, 0.2) is 0 Å². The van der Waals surface area contributed by atoms with Crippen molar-refractivity contribution < 1.29 is 4.79 Å². The minimum atomic E-state index is 0. The van der Waals surface area contributed by atoms with Gasteiger partial charge < -0.3 is 4.90 Å². The van der Waals surface area contributed by atoms with Crippen LogP contribution in [0.25, 0.3) is 21.3 Å². The van der Waals surface area contributed by atoms with Gasteiger partial charge in [-0.15, -0.1) is 11.3 Å². The standard InChI is InChI=1S/C24H24N4OS.CH4/c1-15-11-16(2)26-23-20(15)21(19-12-25-27(3)13-19)22(30-23)24(29)28-10-9-18(14-28)17-7-5-4-6-8-17;/h4-8,11-13,18H,9-10,14H2,1-3H3;1H4. The molecule has 0 aliphatic carbocycles. The van der Waals surface area contributed by atoms with Crippen molar-refractivity contribution in [3.8, 4) is 11.1 Å². The second-order valence-corrected chi connectivity index (χ2v) is 9.12. The van der Waals surface area contributed by atoms with Gasteiger partial charge in [-0.1, -0.05) is 37.8 Å². The molecule has 4 heterocycles. The highest BCUT2D eigenvalue weighted by Gasteiger charge is 2.31. The van der Waals surface area contributed by atoms with Crippen molar-refractivity contribution in [2.45, 2.75) is 33.6 Å². The van der Waals surface area contributed by atoms with E-state index in [4.69, 9.17) is 4.98 Å². The van der Waals surface area contributed by atoms with Crippen LogP contribution in [0.2, 0.25) is 0 Å². The minimum absolute atomic E-state index is 0. The zero-order valence-corrected chi connectivity index (χ0v) is 18.2. The van der Waals surface area contributed by atoms with Crippen molar-refractivity contribution in [2.75, 3.05) is 13.1 Å². The summed E-state index contributed by atoms with van der Waals surface area (Å²) in [5, 5.41) is 5.42. The van der Waals surface area contributed by atoms with Crippen molar-refractivity contribution in [3.63, 3.8) is 0 Å². The molecular formula is C25H28N4OS. The van der Waals surface area contributed by atoms with E-state index < -0.39 is 0 Å². The highest BCUT2D eigenvalue weighted by atomic mass is 32.1. The van der Waals surface area contributed by atoms with Crippen LogP contribution in [-0.4, -0.2) is 38.7 Å². The van der Waals surface area contributed by atoms with Crippen LogP contribution in [0.4, 0.5) is 0 Å². The zero-order valence-electron chi connectivity index (χ0n) is 17.4. The Morgan fingerprint density at radius 3 is 2.68 bits per heavy atom. The predicted octanol–water partition coefficient (Wildman–Crippen LogP) is 5.58. The summed E-state index contributed by atoms with van der Waals surface area (Å²) in [7, 11) is 1.90. The fourth-order valence-corrected chi connectivity index (χ4v) is 5.79. The summed E-state index contributed by atoms with van der Waals surface area (Å²) in [6, 6.07) is 12.6. The summed E-state index contributed by atoms with van der Waals surface area (Å²) in [6.07, 6.45) is 4.82. The highest BCUT2D eigenvalue weighted by Crippen LogP contribution is 2.41. The molecule has 160 valence electrons. The number of nitrogens with zero attached hydrogens (tertiary/aromatic N) is 4. The van der Waals surface area contributed by atoms with E-state index in [1.807, 2.05) is 37.3 Å². The molecule has 1 aliphatic heterocycles. The zero-order chi connectivity index (χ0) is 20.8. The Kier molecular flexibility index (Phi) is 5.67. The third kappa shape index (κ3) is 3.76. The van der Waals surface area contributed by atoms with Gasteiger partial charge >= 0.3 is 0 Å². The molecule has 1 atom stereocenters. The number of aromatic nitrogens is 3. The number of carbonyl (C=O) groups is 1. The van der Waals surface area contributed by atoms with E-state index in [1.54, 1.807) is 4.68 Å². The van der Waals surface area contributed by atoms with Crippen LogP contribution >= 0.6 is 11.3 Å². The van der Waals surface area contributed by atoms with Crippen molar-refractivity contribution in [2.24, 2.45) is 7.05 Å². The number of carbonyl (C=O) groups excluding carboxylic acids is 1. The van der Waals surface area contributed by atoms with Gasteiger partial charge in [0, 0.05) is 54.5 Å². The quantitative estimate of drug-likeness (QED) is 0.425. The third-order valence-electron chi connectivity index (χ3n) is 5.92. The van der Waals surface area contributed by atoms with Crippen LogP contribution in [0.3, 0.4) is 0 Å². The van der Waals surface area contributed by atoms with E-state index in [2.05, 4.69) is 42.4 Å². The molecule has 5 rings (SSSR count). The molecule has 0 radical (unpaired) electrons. The van der Waals surface area contributed by atoms with Gasteiger partial charge in [0.1, 0.15) is 9.71 Å². The smallest absolute Gasteiger partial charge is 0.264 e. The predicted molar refractivity (Wildman–Crippen MR) is 128 cm³/mol. The second kappa shape index (κ2) is 8.27. The molecule has 6 heteroatoms. The van der Waals surface area contributed by atoms with Gasteiger partial charge in [0.25, 0.3) is 5.91 Å². The van der Waals surface area contributed by atoms with Crippen LogP contribution in [0.1, 0.15) is 46.3 Å². The number of benzene rings is 1. The first-order valence-electron chi connectivity index (χ1n) is 10.2. The molecule has 1 aromatic carbocycles. The molecular weight excluding hydrogens is 404 g/mol. The van der Waals surface area contributed by atoms with Crippen LogP contribution in [0.15, 0.2) is 48.8 Å². The van der Waals surface area contributed by atoms with Crippen molar-refractivity contribution in [1.29, 1.82) is 0 Å². The van der Waals surface area contributed by atoms with E-state index in [0.29, 0.717) is 5.92 Å². The van der Waals surface area contributed by atoms with Gasteiger partial charge in [-0.25, -0.2) is 4.98 Å². The molecule has 0 bridgehead atoms. The Morgan fingerprint density at radius 2 is 1.97 bits per heavy atom. The highest BCUT2D eigenvalue weighted by molar-refractivity contribution is 7.21. The van der Waals surface area contributed by atoms with Gasteiger partial charge in [-0.2, -0.15) is 5.10 Å². The van der Waals surface area contributed by atoms with Crippen LogP contribution in [0.5, 0.6) is 0 Å². The number of thiophene rings is 1. The number of amides is 1. The summed E-state index contributed by atoms with van der Waals surface area (Å²) in [5.74, 6) is 0.501. The van der Waals surface area contributed by atoms with Gasteiger partial charge in [0.2, 0.25) is 0 Å². The molecule has 1 unspecified atom stereocenters. The molecule has 1 fully saturated rings. The third-order valence-corrected chi connectivity index (χ3v) is 6.99. The lowest BCUT2D eigenvalue weighted by molar-refractivity contribution is 0.0796. The average Bonchev–Trinajstić information content (AvgIpc) is 3.46. The first-order chi connectivity index (χ1) is 14.5. The average molecular weight is 433 g/mol. The van der Waals surface area contributed by atoms with E-state index in [0.717, 1.165) is 57.0 Å². The summed E-state index contributed by atoms with van der Waals surface area (Å²) in [6.45, 7) is 5.64. The Labute approximate surface area is 187 Å². The largest absolute Gasteiger partial charge is 0.337 e. The topological polar surface area (TPSA) is 51.0 Å². The molecule has 1 aliphatic rings. The fraction of sp³-hybridized carbons (Fsp3) is 0.320. The number of fused-ring (bicyclic) bond motifs is 1. The number of aryl methyl sites for hydroxylation is 3. The lowest BCUT2D eigenvalue weighted by Gasteiger charge is -2.17.